The first-order chi connectivity index (χ1) is 9.36. The standard InChI is InChI=1S/C14H20ClNO3S/c1-10-4-5-11(2)14(6-10)20(17,18)16-8-13(7-15)19-9-12(16)3/h4-6,12-13H,7-9H2,1-3H3. The topological polar surface area (TPSA) is 46.6 Å². The minimum absolute atomic E-state index is 0.181. The van der Waals surface area contributed by atoms with E-state index in [9.17, 15) is 8.42 Å². The zero-order valence-corrected chi connectivity index (χ0v) is 13.5. The van der Waals surface area contributed by atoms with Gasteiger partial charge in [-0.25, -0.2) is 8.42 Å². The van der Waals surface area contributed by atoms with Gasteiger partial charge in [0.2, 0.25) is 10.0 Å². The van der Waals surface area contributed by atoms with Crippen LogP contribution in [0.4, 0.5) is 0 Å². The largest absolute Gasteiger partial charge is 0.374 e. The highest BCUT2D eigenvalue weighted by Gasteiger charge is 2.35. The van der Waals surface area contributed by atoms with Crippen molar-refractivity contribution in [1.29, 1.82) is 0 Å². The first kappa shape index (κ1) is 15.8. The molecule has 1 heterocycles. The number of benzene rings is 1. The summed E-state index contributed by atoms with van der Waals surface area (Å²) in [6.45, 7) is 6.24. The summed E-state index contributed by atoms with van der Waals surface area (Å²) >= 11 is 5.80. The Labute approximate surface area is 125 Å². The zero-order chi connectivity index (χ0) is 14.9. The number of sulfonamides is 1. The van der Waals surface area contributed by atoms with Gasteiger partial charge in [-0.05, 0) is 38.0 Å². The van der Waals surface area contributed by atoms with Crippen LogP contribution in [0.5, 0.6) is 0 Å². The smallest absolute Gasteiger partial charge is 0.243 e. The van der Waals surface area contributed by atoms with Gasteiger partial charge in [-0.15, -0.1) is 11.6 Å². The lowest BCUT2D eigenvalue weighted by molar-refractivity contribution is -0.0152. The van der Waals surface area contributed by atoms with Crippen LogP contribution in [0.3, 0.4) is 0 Å². The molecule has 2 rings (SSSR count). The van der Waals surface area contributed by atoms with Crippen molar-refractivity contribution < 1.29 is 13.2 Å². The molecule has 6 heteroatoms. The highest BCUT2D eigenvalue weighted by molar-refractivity contribution is 7.89. The van der Waals surface area contributed by atoms with Gasteiger partial charge < -0.3 is 4.74 Å². The van der Waals surface area contributed by atoms with E-state index in [0.29, 0.717) is 23.9 Å². The first-order valence-corrected chi connectivity index (χ1v) is 8.60. The molecule has 112 valence electrons. The van der Waals surface area contributed by atoms with Crippen molar-refractivity contribution in [1.82, 2.24) is 4.31 Å². The van der Waals surface area contributed by atoms with E-state index in [4.69, 9.17) is 16.3 Å². The van der Waals surface area contributed by atoms with E-state index >= 15 is 0 Å². The monoisotopic (exact) mass is 317 g/mol. The van der Waals surface area contributed by atoms with E-state index in [1.165, 1.54) is 4.31 Å². The van der Waals surface area contributed by atoms with Gasteiger partial charge in [0.15, 0.2) is 0 Å². The summed E-state index contributed by atoms with van der Waals surface area (Å²) in [5, 5.41) is 0. The molecule has 0 aromatic heterocycles. The highest BCUT2D eigenvalue weighted by Crippen LogP contribution is 2.26. The van der Waals surface area contributed by atoms with E-state index in [0.717, 1.165) is 11.1 Å². The molecule has 0 bridgehead atoms. The van der Waals surface area contributed by atoms with Crippen molar-refractivity contribution in [2.24, 2.45) is 0 Å². The van der Waals surface area contributed by atoms with Gasteiger partial charge in [0.25, 0.3) is 0 Å². The Morgan fingerprint density at radius 1 is 1.40 bits per heavy atom. The molecule has 1 aromatic carbocycles. The van der Waals surface area contributed by atoms with Gasteiger partial charge in [-0.2, -0.15) is 4.31 Å². The Kier molecular flexibility index (Phi) is 4.74. The van der Waals surface area contributed by atoms with Crippen LogP contribution in [0.1, 0.15) is 18.1 Å². The number of aryl methyl sites for hydroxylation is 2. The molecule has 4 nitrogen and oxygen atoms in total. The Morgan fingerprint density at radius 3 is 2.75 bits per heavy atom. The average molecular weight is 318 g/mol. The second-order valence-corrected chi connectivity index (χ2v) is 7.47. The molecule has 0 amide bonds. The minimum atomic E-state index is -3.51. The maximum absolute atomic E-state index is 12.9. The molecule has 1 saturated heterocycles. The van der Waals surface area contributed by atoms with Crippen LogP contribution >= 0.6 is 11.6 Å². The lowest BCUT2D eigenvalue weighted by atomic mass is 10.2. The van der Waals surface area contributed by atoms with Crippen LogP contribution in [-0.2, 0) is 14.8 Å². The molecule has 20 heavy (non-hydrogen) atoms. The summed E-state index contributed by atoms with van der Waals surface area (Å²) < 4.78 is 32.7. The van der Waals surface area contributed by atoms with Crippen molar-refractivity contribution in [3.05, 3.63) is 29.3 Å². The summed E-state index contributed by atoms with van der Waals surface area (Å²) in [4.78, 5) is 0.375. The fourth-order valence-corrected chi connectivity index (χ4v) is 4.48. The number of ether oxygens (including phenoxy) is 1. The van der Waals surface area contributed by atoms with Crippen molar-refractivity contribution in [3.63, 3.8) is 0 Å². The quantitative estimate of drug-likeness (QED) is 0.804. The number of alkyl halides is 1. The van der Waals surface area contributed by atoms with Crippen LogP contribution in [0, 0.1) is 13.8 Å². The summed E-state index contributed by atoms with van der Waals surface area (Å²) in [5.41, 5.74) is 1.70. The molecule has 0 spiro atoms. The molecule has 2 unspecified atom stereocenters. The van der Waals surface area contributed by atoms with Crippen LogP contribution in [0.25, 0.3) is 0 Å². The fraction of sp³-hybridized carbons (Fsp3) is 0.571. The molecule has 1 aromatic rings. The van der Waals surface area contributed by atoms with Gasteiger partial charge >= 0.3 is 0 Å². The van der Waals surface area contributed by atoms with Gasteiger partial charge in [0, 0.05) is 18.5 Å². The van der Waals surface area contributed by atoms with Crippen LogP contribution in [0.2, 0.25) is 0 Å². The third-order valence-electron chi connectivity index (χ3n) is 3.55. The van der Waals surface area contributed by atoms with Crippen LogP contribution in [-0.4, -0.2) is 43.9 Å². The molecular weight excluding hydrogens is 298 g/mol. The van der Waals surface area contributed by atoms with Crippen molar-refractivity contribution in [2.75, 3.05) is 19.0 Å². The number of nitrogens with zero attached hydrogens (tertiary/aromatic N) is 1. The minimum Gasteiger partial charge on any atom is -0.374 e. The van der Waals surface area contributed by atoms with Crippen LogP contribution < -0.4 is 0 Å². The summed E-state index contributed by atoms with van der Waals surface area (Å²) in [6.07, 6.45) is -0.243. The maximum Gasteiger partial charge on any atom is 0.243 e. The molecule has 0 saturated carbocycles. The third-order valence-corrected chi connectivity index (χ3v) is 6.02. The lowest BCUT2D eigenvalue weighted by Gasteiger charge is -2.36. The van der Waals surface area contributed by atoms with Crippen molar-refractivity contribution in [3.8, 4) is 0 Å². The van der Waals surface area contributed by atoms with Gasteiger partial charge in [0.05, 0.1) is 17.6 Å². The first-order valence-electron chi connectivity index (χ1n) is 6.63. The van der Waals surface area contributed by atoms with E-state index < -0.39 is 10.0 Å². The van der Waals surface area contributed by atoms with Crippen molar-refractivity contribution >= 4 is 21.6 Å². The molecule has 1 fully saturated rings. The van der Waals surface area contributed by atoms with Crippen LogP contribution in [0.15, 0.2) is 23.1 Å². The Balaban J connectivity index is 2.40. The summed E-state index contributed by atoms with van der Waals surface area (Å²) in [7, 11) is -3.51. The number of morpholine rings is 1. The van der Waals surface area contributed by atoms with E-state index in [2.05, 4.69) is 0 Å². The van der Waals surface area contributed by atoms with Gasteiger partial charge in [0.1, 0.15) is 0 Å². The maximum atomic E-state index is 12.9. The third kappa shape index (κ3) is 3.01. The predicted octanol–water partition coefficient (Wildman–Crippen LogP) is 2.32. The number of halogens is 1. The van der Waals surface area contributed by atoms with Crippen molar-refractivity contribution in [2.45, 2.75) is 37.8 Å². The Hall–Kier alpha value is -0.620. The fourth-order valence-electron chi connectivity index (χ4n) is 2.33. The number of hydrogen-bond acceptors (Lipinski definition) is 3. The molecule has 0 aliphatic carbocycles. The van der Waals surface area contributed by atoms with E-state index in [-0.39, 0.29) is 12.1 Å². The SMILES string of the molecule is Cc1ccc(C)c(S(=O)(=O)N2CC(CCl)OCC2C)c1. The second kappa shape index (κ2) is 6.02. The predicted molar refractivity (Wildman–Crippen MR) is 79.7 cm³/mol. The zero-order valence-electron chi connectivity index (χ0n) is 12.0. The molecule has 1 aliphatic rings. The summed E-state index contributed by atoms with van der Waals surface area (Å²) in [6, 6.07) is 5.30. The highest BCUT2D eigenvalue weighted by atomic mass is 35.5. The molecule has 1 aliphatic heterocycles. The van der Waals surface area contributed by atoms with E-state index in [1.807, 2.05) is 32.9 Å². The normalized spacial score (nSPS) is 24.8. The number of hydrogen-bond donors (Lipinski definition) is 0. The molecule has 0 N–H and O–H groups in total. The molecule has 2 atom stereocenters. The Morgan fingerprint density at radius 2 is 2.10 bits per heavy atom. The second-order valence-electron chi connectivity index (χ2n) is 5.30. The average Bonchev–Trinajstić information content (AvgIpc) is 2.41. The lowest BCUT2D eigenvalue weighted by Crippen LogP contribution is -2.51. The molecule has 0 radical (unpaired) electrons. The van der Waals surface area contributed by atoms with Gasteiger partial charge in [-0.3, -0.25) is 0 Å². The number of rotatable bonds is 3. The van der Waals surface area contributed by atoms with Gasteiger partial charge in [-0.1, -0.05) is 12.1 Å². The van der Waals surface area contributed by atoms with E-state index in [1.54, 1.807) is 6.07 Å². The Bertz CT molecular complexity index is 588. The summed E-state index contributed by atoms with van der Waals surface area (Å²) in [5.74, 6) is 0.297. The molecular formula is C14H20ClNO3S.